The van der Waals surface area contributed by atoms with Crippen molar-refractivity contribution in [3.8, 4) is 17.0 Å². The number of aromatic nitrogens is 3. The summed E-state index contributed by atoms with van der Waals surface area (Å²) in [5, 5.41) is 8.08. The van der Waals surface area contributed by atoms with Crippen molar-refractivity contribution in [1.82, 2.24) is 19.4 Å². The molecule has 0 amide bonds. The molecule has 4 heterocycles. The minimum absolute atomic E-state index is 0.512. The number of methoxy groups -OCH3 is 1. The van der Waals surface area contributed by atoms with Crippen molar-refractivity contribution < 1.29 is 9.47 Å². The molecule has 0 saturated carbocycles. The van der Waals surface area contributed by atoms with Crippen LogP contribution in [0.5, 0.6) is 5.75 Å². The van der Waals surface area contributed by atoms with Gasteiger partial charge in [-0.25, -0.2) is 9.97 Å². The van der Waals surface area contributed by atoms with Gasteiger partial charge in [-0.2, -0.15) is 0 Å². The van der Waals surface area contributed by atoms with E-state index in [1.54, 1.807) is 13.3 Å². The van der Waals surface area contributed by atoms with E-state index in [4.69, 9.17) is 14.5 Å². The Morgan fingerprint density at radius 1 is 1.13 bits per heavy atom. The van der Waals surface area contributed by atoms with Crippen LogP contribution in [-0.2, 0) is 11.8 Å². The van der Waals surface area contributed by atoms with Crippen molar-refractivity contribution in [3.63, 3.8) is 0 Å². The molecule has 0 spiro atoms. The lowest BCUT2D eigenvalue weighted by molar-refractivity contribution is 0.0105. The molecule has 39 heavy (non-hydrogen) atoms. The van der Waals surface area contributed by atoms with Gasteiger partial charge in [0.15, 0.2) is 0 Å². The maximum atomic E-state index is 5.83. The summed E-state index contributed by atoms with van der Waals surface area (Å²) in [6, 6.07) is 15.0. The van der Waals surface area contributed by atoms with E-state index in [-0.39, 0.29) is 0 Å². The summed E-state index contributed by atoms with van der Waals surface area (Å²) in [4.78, 5) is 14.3. The number of nitrogens with zero attached hydrogens (tertiary/aromatic N) is 5. The van der Waals surface area contributed by atoms with Crippen molar-refractivity contribution in [3.05, 3.63) is 67.5 Å². The topological polar surface area (TPSA) is 79.7 Å². The first kappa shape index (κ1) is 25.2. The second kappa shape index (κ2) is 11.0. The molecule has 9 nitrogen and oxygen atoms in total. The highest BCUT2D eigenvalue weighted by molar-refractivity contribution is 5.95. The summed E-state index contributed by atoms with van der Waals surface area (Å²) in [5.41, 5.74) is 6.03. The first-order chi connectivity index (χ1) is 19.1. The minimum Gasteiger partial charge on any atom is -0.494 e. The van der Waals surface area contributed by atoms with Gasteiger partial charge in [0.2, 0.25) is 5.95 Å². The molecule has 0 bridgehead atoms. The number of fused-ring (bicyclic) bond motifs is 1. The molecule has 2 N–H and O–H groups in total. The third kappa shape index (κ3) is 5.03. The standard InChI is InChI=1S/C30H35N7O2/c1-4-10-31-25-16-26(29(38-3)17-28(25)37-18-21(19-37)36-12-14-39-15-13-36)34-30-32-11-9-24(33-30)23-20-35(2)27-8-6-5-7-22(23)27/h4-9,11,16-17,20-21,31H,1,10,12-15,18-19H2,2-3H3,(H,32,33,34). The molecule has 4 aromatic rings. The molecule has 0 radical (unpaired) electrons. The molecule has 0 unspecified atom stereocenters. The summed E-state index contributed by atoms with van der Waals surface area (Å²) in [6.45, 7) is 10.2. The number of anilines is 4. The minimum atomic E-state index is 0.512. The summed E-state index contributed by atoms with van der Waals surface area (Å²) in [5.74, 6) is 1.25. The first-order valence-corrected chi connectivity index (χ1v) is 13.4. The molecule has 0 atom stereocenters. The second-order valence-corrected chi connectivity index (χ2v) is 10.0. The van der Waals surface area contributed by atoms with Crippen molar-refractivity contribution in [2.24, 2.45) is 7.05 Å². The molecule has 2 saturated heterocycles. The fraction of sp³-hybridized carbons (Fsp3) is 0.333. The summed E-state index contributed by atoms with van der Waals surface area (Å²) < 4.78 is 13.5. The van der Waals surface area contributed by atoms with Crippen LogP contribution in [-0.4, -0.2) is 78.5 Å². The quantitative estimate of drug-likeness (QED) is 0.309. The van der Waals surface area contributed by atoms with Gasteiger partial charge in [-0.05, 0) is 18.2 Å². The predicted molar refractivity (Wildman–Crippen MR) is 157 cm³/mol. The number of rotatable bonds is 9. The van der Waals surface area contributed by atoms with Crippen LogP contribution >= 0.6 is 0 Å². The summed E-state index contributed by atoms with van der Waals surface area (Å²) in [7, 11) is 3.75. The number of nitrogens with one attached hydrogen (secondary N) is 2. The fourth-order valence-electron chi connectivity index (χ4n) is 5.48. The maximum Gasteiger partial charge on any atom is 0.227 e. The molecule has 2 aliphatic rings. The first-order valence-electron chi connectivity index (χ1n) is 13.4. The molecule has 0 aliphatic carbocycles. The Hall–Kier alpha value is -4.08. The molecule has 9 heteroatoms. The Bertz CT molecular complexity index is 1470. The van der Waals surface area contributed by atoms with Crippen molar-refractivity contribution in [2.75, 3.05) is 68.6 Å². The van der Waals surface area contributed by atoms with E-state index in [0.717, 1.165) is 84.4 Å². The number of ether oxygens (including phenoxy) is 2. The van der Waals surface area contributed by atoms with Crippen LogP contribution in [0.4, 0.5) is 23.0 Å². The molecular formula is C30H35N7O2. The van der Waals surface area contributed by atoms with Gasteiger partial charge in [0, 0.05) is 80.7 Å². The molecular weight excluding hydrogens is 490 g/mol. The van der Waals surface area contributed by atoms with Gasteiger partial charge < -0.3 is 29.6 Å². The highest BCUT2D eigenvalue weighted by Crippen LogP contribution is 2.40. The molecule has 202 valence electrons. The van der Waals surface area contributed by atoms with Crippen molar-refractivity contribution in [1.29, 1.82) is 0 Å². The lowest BCUT2D eigenvalue weighted by atomic mass is 10.0. The number of aryl methyl sites for hydroxylation is 1. The predicted octanol–water partition coefficient (Wildman–Crippen LogP) is 4.51. The van der Waals surface area contributed by atoms with Crippen LogP contribution in [0.3, 0.4) is 0 Å². The van der Waals surface area contributed by atoms with Crippen LogP contribution in [0.2, 0.25) is 0 Å². The van der Waals surface area contributed by atoms with Crippen LogP contribution in [0.25, 0.3) is 22.2 Å². The maximum absolute atomic E-state index is 5.83. The molecule has 2 aliphatic heterocycles. The lowest BCUT2D eigenvalue weighted by Crippen LogP contribution is -2.61. The van der Waals surface area contributed by atoms with Gasteiger partial charge >= 0.3 is 0 Å². The number of morpholine rings is 1. The summed E-state index contributed by atoms with van der Waals surface area (Å²) in [6.07, 6.45) is 5.77. The van der Waals surface area contributed by atoms with E-state index in [9.17, 15) is 0 Å². The SMILES string of the molecule is C=CCNc1cc(Nc2nccc(-c3cn(C)c4ccccc34)n2)c(OC)cc1N1CC(N2CCOCC2)C1. The van der Waals surface area contributed by atoms with Gasteiger partial charge in [-0.15, -0.1) is 6.58 Å². The van der Waals surface area contributed by atoms with Crippen LogP contribution < -0.4 is 20.3 Å². The summed E-state index contributed by atoms with van der Waals surface area (Å²) >= 11 is 0. The van der Waals surface area contributed by atoms with Crippen LogP contribution in [0.1, 0.15) is 0 Å². The average Bonchev–Trinajstić information content (AvgIpc) is 3.29. The molecule has 2 aromatic carbocycles. The third-order valence-corrected chi connectivity index (χ3v) is 7.59. The lowest BCUT2D eigenvalue weighted by Gasteiger charge is -2.48. The molecule has 6 rings (SSSR count). The Morgan fingerprint density at radius 2 is 1.95 bits per heavy atom. The van der Waals surface area contributed by atoms with E-state index in [1.165, 1.54) is 0 Å². The van der Waals surface area contributed by atoms with Gasteiger partial charge in [0.1, 0.15) is 5.75 Å². The molecule has 2 aromatic heterocycles. The van der Waals surface area contributed by atoms with Gasteiger partial charge in [0.05, 0.1) is 43.1 Å². The third-order valence-electron chi connectivity index (χ3n) is 7.59. The number of para-hydroxylation sites is 1. The van der Waals surface area contributed by atoms with Gasteiger partial charge in [-0.1, -0.05) is 24.3 Å². The van der Waals surface area contributed by atoms with E-state index < -0.39 is 0 Å². The number of hydrogen-bond donors (Lipinski definition) is 2. The molecule has 2 fully saturated rings. The average molecular weight is 526 g/mol. The smallest absolute Gasteiger partial charge is 0.227 e. The van der Waals surface area contributed by atoms with Crippen LogP contribution in [0.15, 0.2) is 67.5 Å². The second-order valence-electron chi connectivity index (χ2n) is 10.0. The van der Waals surface area contributed by atoms with Gasteiger partial charge in [-0.3, -0.25) is 4.90 Å². The zero-order valence-corrected chi connectivity index (χ0v) is 22.6. The Kier molecular flexibility index (Phi) is 7.08. The van der Waals surface area contributed by atoms with E-state index in [1.807, 2.05) is 12.1 Å². The monoisotopic (exact) mass is 525 g/mol. The Morgan fingerprint density at radius 3 is 2.74 bits per heavy atom. The Balaban J connectivity index is 1.27. The van der Waals surface area contributed by atoms with E-state index in [2.05, 4.69) is 86.2 Å². The highest BCUT2D eigenvalue weighted by Gasteiger charge is 2.34. The highest BCUT2D eigenvalue weighted by atomic mass is 16.5. The zero-order chi connectivity index (χ0) is 26.8. The van der Waals surface area contributed by atoms with Crippen molar-refractivity contribution in [2.45, 2.75) is 6.04 Å². The number of benzene rings is 2. The van der Waals surface area contributed by atoms with E-state index in [0.29, 0.717) is 18.5 Å². The fourth-order valence-corrected chi connectivity index (χ4v) is 5.48. The van der Waals surface area contributed by atoms with Crippen LogP contribution in [0, 0.1) is 0 Å². The number of hydrogen-bond acceptors (Lipinski definition) is 8. The van der Waals surface area contributed by atoms with Gasteiger partial charge in [0.25, 0.3) is 0 Å². The van der Waals surface area contributed by atoms with Crippen molar-refractivity contribution >= 4 is 33.9 Å². The normalized spacial score (nSPS) is 16.2. The zero-order valence-electron chi connectivity index (χ0n) is 22.6. The Labute approximate surface area is 229 Å². The van der Waals surface area contributed by atoms with E-state index >= 15 is 0 Å². The largest absolute Gasteiger partial charge is 0.494 e.